The number of hydrogen-bond acceptors (Lipinski definition) is 2. The Balaban J connectivity index is 1.46. The Morgan fingerprint density at radius 3 is 2.52 bits per heavy atom. The van der Waals surface area contributed by atoms with E-state index in [-0.39, 0.29) is 22.8 Å². The zero-order valence-electron chi connectivity index (χ0n) is 17.6. The molecule has 0 spiro atoms. The first kappa shape index (κ1) is 19.5. The van der Waals surface area contributed by atoms with Gasteiger partial charge in [0.15, 0.2) is 0 Å². The molecule has 4 aliphatic carbocycles. The highest BCUT2D eigenvalue weighted by molar-refractivity contribution is 5.55. The van der Waals surface area contributed by atoms with Crippen molar-refractivity contribution in [3.63, 3.8) is 0 Å². The molecule has 1 aromatic rings. The van der Waals surface area contributed by atoms with E-state index in [1.54, 1.807) is 12.1 Å². The molecular formula is C26H33FO2. The fourth-order valence-electron chi connectivity index (χ4n) is 7.41. The molecule has 7 atom stereocenters. The first-order chi connectivity index (χ1) is 13.8. The third-order valence-corrected chi connectivity index (χ3v) is 9.17. The molecule has 0 saturated heterocycles. The van der Waals surface area contributed by atoms with Crippen molar-refractivity contribution in [1.82, 2.24) is 0 Å². The number of aliphatic hydroxyl groups excluding tert-OH is 2. The van der Waals surface area contributed by atoms with E-state index in [1.807, 2.05) is 0 Å². The highest BCUT2D eigenvalue weighted by Crippen LogP contribution is 2.65. The molecule has 2 N–H and O–H groups in total. The van der Waals surface area contributed by atoms with E-state index in [4.69, 9.17) is 0 Å². The zero-order valence-corrected chi connectivity index (χ0v) is 17.6. The summed E-state index contributed by atoms with van der Waals surface area (Å²) in [6.07, 6.45) is 11.0. The van der Waals surface area contributed by atoms with Crippen LogP contribution in [0.1, 0.15) is 64.4 Å². The van der Waals surface area contributed by atoms with E-state index in [0.29, 0.717) is 17.8 Å². The van der Waals surface area contributed by atoms with Gasteiger partial charge in [0.2, 0.25) is 0 Å². The highest BCUT2D eigenvalue weighted by atomic mass is 19.1. The van der Waals surface area contributed by atoms with E-state index in [2.05, 4.69) is 26.0 Å². The monoisotopic (exact) mass is 396 g/mol. The van der Waals surface area contributed by atoms with Crippen LogP contribution >= 0.6 is 0 Å². The van der Waals surface area contributed by atoms with Gasteiger partial charge in [-0.3, -0.25) is 0 Å². The van der Waals surface area contributed by atoms with Crippen molar-refractivity contribution in [3.05, 3.63) is 52.9 Å². The maximum atomic E-state index is 13.3. The van der Waals surface area contributed by atoms with Gasteiger partial charge < -0.3 is 10.2 Å². The summed E-state index contributed by atoms with van der Waals surface area (Å²) in [5, 5.41) is 21.5. The number of fused-ring (bicyclic) bond motifs is 5. The van der Waals surface area contributed by atoms with Gasteiger partial charge in [0.05, 0.1) is 12.2 Å². The average Bonchev–Trinajstić information content (AvgIpc) is 2.95. The van der Waals surface area contributed by atoms with E-state index in [0.717, 1.165) is 49.7 Å². The summed E-state index contributed by atoms with van der Waals surface area (Å²) >= 11 is 0. The standard InChI is InChI=1S/C26H33FO2/c1-25-11-9-20(28)15-18(25)5-8-21-22(25)10-12-26(2)23(21)14-17(24(26)29)13-16-3-6-19(27)7-4-16/h3-7,13,20-24,28-29H,8-12,14-15H2,1-2H3/b17-13+. The maximum absolute atomic E-state index is 13.3. The van der Waals surface area contributed by atoms with Gasteiger partial charge in [-0.1, -0.05) is 43.7 Å². The summed E-state index contributed by atoms with van der Waals surface area (Å²) in [5.41, 5.74) is 3.73. The Kier molecular flexibility index (Phi) is 4.56. The number of rotatable bonds is 1. The SMILES string of the molecule is CC12CCC(O)CC1=CCC1C2CCC2(C)C(O)/C(=C/c3ccc(F)cc3)CC12. The van der Waals surface area contributed by atoms with E-state index in [9.17, 15) is 14.6 Å². The first-order valence-corrected chi connectivity index (χ1v) is 11.3. The van der Waals surface area contributed by atoms with Crippen LogP contribution in [0, 0.1) is 34.4 Å². The molecule has 3 saturated carbocycles. The minimum atomic E-state index is -0.412. The summed E-state index contributed by atoms with van der Waals surface area (Å²) in [6.45, 7) is 4.72. The van der Waals surface area contributed by atoms with Crippen LogP contribution in [-0.2, 0) is 0 Å². The van der Waals surface area contributed by atoms with Crippen LogP contribution in [0.3, 0.4) is 0 Å². The van der Waals surface area contributed by atoms with Gasteiger partial charge in [0, 0.05) is 5.41 Å². The molecule has 0 amide bonds. The van der Waals surface area contributed by atoms with Gasteiger partial charge in [-0.15, -0.1) is 0 Å². The molecule has 1 aromatic carbocycles. The first-order valence-electron chi connectivity index (χ1n) is 11.3. The lowest BCUT2D eigenvalue weighted by atomic mass is 9.48. The Labute approximate surface area is 173 Å². The summed E-state index contributed by atoms with van der Waals surface area (Å²) < 4.78 is 13.3. The Bertz CT molecular complexity index is 856. The lowest BCUT2D eigenvalue weighted by molar-refractivity contribution is -0.0685. The van der Waals surface area contributed by atoms with Gasteiger partial charge in [-0.25, -0.2) is 4.39 Å². The van der Waals surface area contributed by atoms with Gasteiger partial charge in [-0.05, 0) is 91.4 Å². The van der Waals surface area contributed by atoms with Gasteiger partial charge in [0.25, 0.3) is 0 Å². The second-order valence-corrected chi connectivity index (χ2v) is 10.6. The lowest BCUT2D eigenvalue weighted by Crippen LogP contribution is -2.51. The molecule has 0 bridgehead atoms. The van der Waals surface area contributed by atoms with Crippen LogP contribution in [-0.4, -0.2) is 22.4 Å². The predicted octanol–water partition coefficient (Wildman–Crippen LogP) is 5.50. The minimum Gasteiger partial charge on any atom is -0.393 e. The van der Waals surface area contributed by atoms with E-state index in [1.165, 1.54) is 24.1 Å². The molecule has 156 valence electrons. The largest absolute Gasteiger partial charge is 0.393 e. The molecule has 4 aliphatic rings. The van der Waals surface area contributed by atoms with Crippen molar-refractivity contribution < 1.29 is 14.6 Å². The van der Waals surface area contributed by atoms with E-state index >= 15 is 0 Å². The van der Waals surface area contributed by atoms with Crippen molar-refractivity contribution in [3.8, 4) is 0 Å². The second-order valence-electron chi connectivity index (χ2n) is 10.6. The van der Waals surface area contributed by atoms with Crippen molar-refractivity contribution in [2.75, 3.05) is 0 Å². The third-order valence-electron chi connectivity index (χ3n) is 9.17. The fourth-order valence-corrected chi connectivity index (χ4v) is 7.41. The number of allylic oxidation sites excluding steroid dienone is 1. The van der Waals surface area contributed by atoms with Crippen molar-refractivity contribution in [2.24, 2.45) is 28.6 Å². The number of halogens is 1. The topological polar surface area (TPSA) is 40.5 Å². The normalized spacial score (nSPS) is 45.3. The van der Waals surface area contributed by atoms with Gasteiger partial charge in [-0.2, -0.15) is 0 Å². The van der Waals surface area contributed by atoms with Crippen LogP contribution in [0.2, 0.25) is 0 Å². The van der Waals surface area contributed by atoms with Gasteiger partial charge >= 0.3 is 0 Å². The van der Waals surface area contributed by atoms with Crippen LogP contribution in [0.25, 0.3) is 6.08 Å². The molecule has 0 radical (unpaired) electrons. The number of aliphatic hydroxyl groups is 2. The molecule has 7 unspecified atom stereocenters. The molecular weight excluding hydrogens is 363 g/mol. The van der Waals surface area contributed by atoms with Crippen LogP contribution in [0.15, 0.2) is 41.5 Å². The summed E-state index contributed by atoms with van der Waals surface area (Å²) in [4.78, 5) is 0. The fraction of sp³-hybridized carbons (Fsp3) is 0.615. The van der Waals surface area contributed by atoms with Gasteiger partial charge in [0.1, 0.15) is 5.82 Å². The maximum Gasteiger partial charge on any atom is 0.123 e. The van der Waals surface area contributed by atoms with Crippen molar-refractivity contribution in [2.45, 2.75) is 71.0 Å². The Morgan fingerprint density at radius 1 is 1.00 bits per heavy atom. The number of hydrogen-bond donors (Lipinski definition) is 2. The zero-order chi connectivity index (χ0) is 20.4. The molecule has 0 heterocycles. The molecule has 0 aromatic heterocycles. The average molecular weight is 397 g/mol. The minimum absolute atomic E-state index is 0.0666. The smallest absolute Gasteiger partial charge is 0.123 e. The summed E-state index contributed by atoms with van der Waals surface area (Å²) in [5.74, 6) is 1.53. The lowest BCUT2D eigenvalue weighted by Gasteiger charge is -2.57. The molecule has 3 heteroatoms. The predicted molar refractivity (Wildman–Crippen MR) is 113 cm³/mol. The van der Waals surface area contributed by atoms with Crippen LogP contribution in [0.5, 0.6) is 0 Å². The molecule has 2 nitrogen and oxygen atoms in total. The second kappa shape index (κ2) is 6.78. The molecule has 3 fully saturated rings. The van der Waals surface area contributed by atoms with Crippen molar-refractivity contribution >= 4 is 6.08 Å². The summed E-state index contributed by atoms with van der Waals surface area (Å²) in [6, 6.07) is 6.58. The third kappa shape index (κ3) is 2.96. The molecule has 29 heavy (non-hydrogen) atoms. The Hall–Kier alpha value is -1.45. The molecule has 0 aliphatic heterocycles. The van der Waals surface area contributed by atoms with Crippen molar-refractivity contribution in [1.29, 1.82) is 0 Å². The van der Waals surface area contributed by atoms with Crippen LogP contribution < -0.4 is 0 Å². The molecule has 5 rings (SSSR count). The van der Waals surface area contributed by atoms with Crippen LogP contribution in [0.4, 0.5) is 4.39 Å². The highest BCUT2D eigenvalue weighted by Gasteiger charge is 2.59. The number of benzene rings is 1. The quantitative estimate of drug-likeness (QED) is 0.615. The van der Waals surface area contributed by atoms with E-state index < -0.39 is 6.10 Å². The Morgan fingerprint density at radius 2 is 1.76 bits per heavy atom. The summed E-state index contributed by atoms with van der Waals surface area (Å²) in [7, 11) is 0.